The minimum absolute atomic E-state index is 0.913. The Morgan fingerprint density at radius 1 is 0.667 bits per heavy atom. The fraction of sp³-hybridized carbons (Fsp3) is 1.00. The number of hydrogen-bond acceptors (Lipinski definition) is 2. The van der Waals surface area contributed by atoms with Gasteiger partial charge in [-0.15, -0.1) is 0 Å². The van der Waals surface area contributed by atoms with Crippen molar-refractivity contribution < 1.29 is 4.84 Å². The van der Waals surface area contributed by atoms with Gasteiger partial charge in [-0.3, -0.25) is 4.84 Å². The summed E-state index contributed by atoms with van der Waals surface area (Å²) < 4.78 is 0. The fourth-order valence-electron chi connectivity index (χ4n) is 2.14. The van der Waals surface area contributed by atoms with E-state index in [1.54, 1.807) is 0 Å². The Labute approximate surface area is 94.9 Å². The lowest BCUT2D eigenvalue weighted by atomic mass is 10.1. The van der Waals surface area contributed by atoms with Gasteiger partial charge >= 0.3 is 0 Å². The lowest BCUT2D eigenvalue weighted by Gasteiger charge is -2.16. The Hall–Kier alpha value is -0.0800. The van der Waals surface area contributed by atoms with E-state index in [9.17, 15) is 0 Å². The summed E-state index contributed by atoms with van der Waals surface area (Å²) in [5.41, 5.74) is 0. The Morgan fingerprint density at radius 2 is 1.13 bits per heavy atom. The minimum Gasteiger partial charge on any atom is -0.299 e. The van der Waals surface area contributed by atoms with Crippen LogP contribution >= 0.6 is 0 Å². The molecule has 0 aromatic carbocycles. The molecule has 1 saturated heterocycles. The smallest absolute Gasteiger partial charge is 0.0684 e. The maximum absolute atomic E-state index is 5.62. The van der Waals surface area contributed by atoms with Gasteiger partial charge in [0.15, 0.2) is 0 Å². The van der Waals surface area contributed by atoms with Crippen molar-refractivity contribution >= 4 is 0 Å². The van der Waals surface area contributed by atoms with Crippen molar-refractivity contribution in [2.24, 2.45) is 0 Å². The van der Waals surface area contributed by atoms with E-state index in [-0.39, 0.29) is 0 Å². The monoisotopic (exact) mass is 213 g/mol. The van der Waals surface area contributed by atoms with Crippen LogP contribution < -0.4 is 0 Å². The summed E-state index contributed by atoms with van der Waals surface area (Å²) >= 11 is 0. The lowest BCUT2D eigenvalue weighted by molar-refractivity contribution is -0.141. The minimum atomic E-state index is 0.913. The average Bonchev–Trinajstić information content (AvgIpc) is 2.24. The van der Waals surface area contributed by atoms with Crippen LogP contribution in [0, 0.1) is 0 Å². The molecule has 0 radical (unpaired) electrons. The Kier molecular flexibility index (Phi) is 7.94. The molecule has 0 aromatic heterocycles. The van der Waals surface area contributed by atoms with Crippen LogP contribution in [0.2, 0.25) is 0 Å². The van der Waals surface area contributed by atoms with Crippen molar-refractivity contribution in [2.75, 3.05) is 20.2 Å². The second-order valence-electron chi connectivity index (χ2n) is 4.72. The zero-order valence-electron chi connectivity index (χ0n) is 10.3. The SMILES string of the molecule is CN1CCCCCCCCCCCCO1. The summed E-state index contributed by atoms with van der Waals surface area (Å²) in [5.74, 6) is 0. The molecule has 2 heteroatoms. The van der Waals surface area contributed by atoms with Crippen molar-refractivity contribution in [3.8, 4) is 0 Å². The molecule has 0 spiro atoms. The number of hydrogen-bond donors (Lipinski definition) is 0. The quantitative estimate of drug-likeness (QED) is 0.607. The first-order valence-corrected chi connectivity index (χ1v) is 6.73. The normalized spacial score (nSPS) is 24.6. The molecule has 0 atom stereocenters. The van der Waals surface area contributed by atoms with Crippen LogP contribution in [-0.2, 0) is 4.84 Å². The topological polar surface area (TPSA) is 12.5 Å². The maximum atomic E-state index is 5.62. The molecule has 0 aromatic rings. The van der Waals surface area contributed by atoms with E-state index in [1.165, 1.54) is 64.2 Å². The fourth-order valence-corrected chi connectivity index (χ4v) is 2.14. The molecule has 1 aliphatic heterocycles. The van der Waals surface area contributed by atoms with Gasteiger partial charge in [-0.1, -0.05) is 51.4 Å². The molecule has 0 aliphatic carbocycles. The molecule has 0 unspecified atom stereocenters. The highest BCUT2D eigenvalue weighted by Gasteiger charge is 2.00. The largest absolute Gasteiger partial charge is 0.299 e. The van der Waals surface area contributed by atoms with Gasteiger partial charge in [0.25, 0.3) is 0 Å². The lowest BCUT2D eigenvalue weighted by Crippen LogP contribution is -2.20. The summed E-state index contributed by atoms with van der Waals surface area (Å²) in [6.45, 7) is 2.01. The molecule has 1 rings (SSSR count). The van der Waals surface area contributed by atoms with Crippen LogP contribution in [0.5, 0.6) is 0 Å². The predicted octanol–water partition coefficient (Wildman–Crippen LogP) is 3.76. The second kappa shape index (κ2) is 9.17. The molecule has 90 valence electrons. The Bertz CT molecular complexity index is 124. The van der Waals surface area contributed by atoms with E-state index in [0.29, 0.717) is 0 Å². The van der Waals surface area contributed by atoms with Gasteiger partial charge in [-0.05, 0) is 12.8 Å². The first-order chi connectivity index (χ1) is 7.39. The van der Waals surface area contributed by atoms with Gasteiger partial charge in [-0.25, -0.2) is 0 Å². The number of rotatable bonds is 0. The molecule has 15 heavy (non-hydrogen) atoms. The summed E-state index contributed by atoms with van der Waals surface area (Å²) in [5, 5.41) is 2.02. The van der Waals surface area contributed by atoms with Crippen LogP contribution in [0.25, 0.3) is 0 Å². The number of hydroxylamine groups is 2. The molecule has 0 N–H and O–H groups in total. The van der Waals surface area contributed by atoms with Crippen molar-refractivity contribution in [3.05, 3.63) is 0 Å². The zero-order chi connectivity index (χ0) is 10.8. The van der Waals surface area contributed by atoms with E-state index in [0.717, 1.165) is 13.2 Å². The molecule has 2 nitrogen and oxygen atoms in total. The van der Waals surface area contributed by atoms with Crippen molar-refractivity contribution in [1.82, 2.24) is 5.06 Å². The van der Waals surface area contributed by atoms with Gasteiger partial charge in [0, 0.05) is 13.6 Å². The Balaban J connectivity index is 2.10. The van der Waals surface area contributed by atoms with E-state index < -0.39 is 0 Å². The summed E-state index contributed by atoms with van der Waals surface area (Å²) in [4.78, 5) is 5.62. The number of nitrogens with zero attached hydrogens (tertiary/aromatic N) is 1. The highest BCUT2D eigenvalue weighted by Crippen LogP contribution is 2.11. The molecule has 1 fully saturated rings. The van der Waals surface area contributed by atoms with Gasteiger partial charge < -0.3 is 0 Å². The molecule has 1 aliphatic rings. The van der Waals surface area contributed by atoms with Gasteiger partial charge in [0.2, 0.25) is 0 Å². The molecule has 1 heterocycles. The summed E-state index contributed by atoms with van der Waals surface area (Å²) in [6.07, 6.45) is 13.8. The predicted molar refractivity (Wildman–Crippen MR) is 64.8 cm³/mol. The highest BCUT2D eigenvalue weighted by atomic mass is 16.7. The van der Waals surface area contributed by atoms with Gasteiger partial charge in [-0.2, -0.15) is 5.06 Å². The van der Waals surface area contributed by atoms with E-state index in [2.05, 4.69) is 7.05 Å². The third-order valence-corrected chi connectivity index (χ3v) is 3.18. The summed E-state index contributed by atoms with van der Waals surface area (Å²) in [6, 6.07) is 0. The van der Waals surface area contributed by atoms with Crippen molar-refractivity contribution in [3.63, 3.8) is 0 Å². The summed E-state index contributed by atoms with van der Waals surface area (Å²) in [7, 11) is 2.06. The van der Waals surface area contributed by atoms with E-state index >= 15 is 0 Å². The first-order valence-electron chi connectivity index (χ1n) is 6.73. The second-order valence-corrected chi connectivity index (χ2v) is 4.72. The van der Waals surface area contributed by atoms with Gasteiger partial charge in [0.05, 0.1) is 6.61 Å². The van der Waals surface area contributed by atoms with E-state index in [4.69, 9.17) is 4.84 Å². The highest BCUT2D eigenvalue weighted by molar-refractivity contribution is 4.50. The Morgan fingerprint density at radius 3 is 1.73 bits per heavy atom. The van der Waals surface area contributed by atoms with Crippen LogP contribution in [0.15, 0.2) is 0 Å². The zero-order valence-corrected chi connectivity index (χ0v) is 10.3. The molecular weight excluding hydrogens is 186 g/mol. The van der Waals surface area contributed by atoms with Crippen LogP contribution in [0.1, 0.15) is 64.2 Å². The first kappa shape index (κ1) is 13.0. The van der Waals surface area contributed by atoms with Crippen molar-refractivity contribution in [1.29, 1.82) is 0 Å². The van der Waals surface area contributed by atoms with Crippen molar-refractivity contribution in [2.45, 2.75) is 64.2 Å². The molecule has 0 saturated carbocycles. The molecule has 0 amide bonds. The van der Waals surface area contributed by atoms with Crippen LogP contribution in [0.3, 0.4) is 0 Å². The maximum Gasteiger partial charge on any atom is 0.0684 e. The third-order valence-electron chi connectivity index (χ3n) is 3.18. The van der Waals surface area contributed by atoms with E-state index in [1.807, 2.05) is 5.06 Å². The molecular formula is C13H27NO. The molecule has 0 bridgehead atoms. The third kappa shape index (κ3) is 7.80. The standard InChI is InChI=1S/C13H27NO/c1-14-12-10-8-6-4-2-3-5-7-9-11-13-15-14/h2-13H2,1H3. The van der Waals surface area contributed by atoms with Crippen LogP contribution in [0.4, 0.5) is 0 Å². The van der Waals surface area contributed by atoms with Crippen LogP contribution in [-0.4, -0.2) is 25.3 Å². The average molecular weight is 213 g/mol. The van der Waals surface area contributed by atoms with Gasteiger partial charge in [0.1, 0.15) is 0 Å².